The van der Waals surface area contributed by atoms with E-state index in [2.05, 4.69) is 4.18 Å². The van der Waals surface area contributed by atoms with Gasteiger partial charge in [-0.3, -0.25) is 0 Å². The van der Waals surface area contributed by atoms with Crippen molar-refractivity contribution in [1.82, 2.24) is 0 Å². The summed E-state index contributed by atoms with van der Waals surface area (Å²) >= 11 is 0. The molecule has 2 rings (SSSR count). The molecule has 0 spiro atoms. The van der Waals surface area contributed by atoms with E-state index in [4.69, 9.17) is 0 Å². The predicted molar refractivity (Wildman–Crippen MR) is 62.2 cm³/mol. The Balaban J connectivity index is 2.40. The van der Waals surface area contributed by atoms with E-state index in [1.165, 1.54) is 0 Å². The molecular weight excluding hydrogens is 315 g/mol. The molecular formula is C11H9F3NO5S+. The number of rotatable bonds is 3. The third-order valence-corrected chi connectivity index (χ3v) is 3.85. The lowest BCUT2D eigenvalue weighted by molar-refractivity contribution is -0.717. The predicted octanol–water partition coefficient (Wildman–Crippen LogP) is 0.114. The summed E-state index contributed by atoms with van der Waals surface area (Å²) in [6, 6.07) is 2.78. The van der Waals surface area contributed by atoms with Crippen LogP contribution in [0.2, 0.25) is 0 Å². The molecule has 0 saturated heterocycles. The van der Waals surface area contributed by atoms with Crippen molar-refractivity contribution in [3.8, 4) is 5.75 Å². The number of alkyl halides is 3. The molecule has 0 aliphatic carbocycles. The minimum atomic E-state index is -5.82. The Labute approximate surface area is 117 Å². The summed E-state index contributed by atoms with van der Waals surface area (Å²) in [5.41, 5.74) is -5.72. The van der Waals surface area contributed by atoms with Crippen molar-refractivity contribution in [2.75, 3.05) is 6.54 Å². The highest BCUT2D eigenvalue weighted by Crippen LogP contribution is 2.28. The Kier molecular flexibility index (Phi) is 3.54. The number of hydrogen-bond donors (Lipinski definition) is 1. The Morgan fingerprint density at radius 1 is 1.14 bits per heavy atom. The van der Waals surface area contributed by atoms with Crippen LogP contribution in [0.15, 0.2) is 18.2 Å². The molecule has 1 aromatic carbocycles. The van der Waals surface area contributed by atoms with Crippen LogP contribution in [0, 0.1) is 0 Å². The minimum absolute atomic E-state index is 0.000767. The second kappa shape index (κ2) is 4.81. The van der Waals surface area contributed by atoms with Gasteiger partial charge in [-0.15, -0.1) is 0 Å². The van der Waals surface area contributed by atoms with Crippen molar-refractivity contribution < 1.29 is 40.3 Å². The number of fused-ring (bicyclic) bond motifs is 1. The van der Waals surface area contributed by atoms with E-state index in [0.717, 1.165) is 18.2 Å². The van der Waals surface area contributed by atoms with Crippen LogP contribution in [-0.4, -0.2) is 32.3 Å². The van der Waals surface area contributed by atoms with Gasteiger partial charge in [0.15, 0.2) is 0 Å². The van der Waals surface area contributed by atoms with Crippen LogP contribution in [0.5, 0.6) is 5.75 Å². The van der Waals surface area contributed by atoms with E-state index >= 15 is 0 Å². The van der Waals surface area contributed by atoms with Gasteiger partial charge in [0.1, 0.15) is 11.3 Å². The molecule has 1 aliphatic heterocycles. The summed E-state index contributed by atoms with van der Waals surface area (Å²) in [7, 11) is -5.82. The molecule has 0 radical (unpaired) electrons. The van der Waals surface area contributed by atoms with Crippen molar-refractivity contribution in [2.24, 2.45) is 0 Å². The largest absolute Gasteiger partial charge is 0.534 e. The Bertz CT molecular complexity index is 726. The molecule has 0 bridgehead atoms. The molecule has 1 atom stereocenters. The molecule has 10 heteroatoms. The Hall–Kier alpha value is -1.94. The van der Waals surface area contributed by atoms with Crippen LogP contribution < -0.4 is 9.08 Å². The lowest BCUT2D eigenvalue weighted by atomic mass is 10.1. The molecule has 6 nitrogen and oxygen atoms in total. The standard InChI is InChI=1S/C11H8F3NO5S/c1-2-15-9(16)7-4-3-6(5-8(7)10(15)17)20-21(18,19)11(12,13)14/h3-5H,2H2,1H3/p+1. The molecule has 0 fully saturated rings. The van der Waals surface area contributed by atoms with E-state index < -0.39 is 33.2 Å². The first kappa shape index (κ1) is 15.4. The zero-order valence-corrected chi connectivity index (χ0v) is 11.3. The molecule has 0 aromatic heterocycles. The number of carbonyl (C=O) groups is 2. The van der Waals surface area contributed by atoms with Crippen LogP contribution in [0.4, 0.5) is 13.2 Å². The smallest absolute Gasteiger partial charge is 0.376 e. The normalized spacial score (nSPS) is 18.8. The number of amides is 2. The highest BCUT2D eigenvalue weighted by Gasteiger charge is 2.49. The summed E-state index contributed by atoms with van der Waals surface area (Å²) in [4.78, 5) is 23.7. The fraction of sp³-hybridized carbons (Fsp3) is 0.273. The van der Waals surface area contributed by atoms with Crippen molar-refractivity contribution in [3.05, 3.63) is 29.3 Å². The lowest BCUT2D eigenvalue weighted by Gasteiger charge is -2.09. The van der Waals surface area contributed by atoms with Gasteiger partial charge in [0.05, 0.1) is 12.1 Å². The Morgan fingerprint density at radius 2 is 1.71 bits per heavy atom. The molecule has 1 unspecified atom stereocenters. The Morgan fingerprint density at radius 3 is 2.24 bits per heavy atom. The number of halogens is 3. The summed E-state index contributed by atoms with van der Waals surface area (Å²) in [6.45, 7) is 1.76. The second-order valence-electron chi connectivity index (χ2n) is 4.18. The number of benzene rings is 1. The maximum atomic E-state index is 12.2. The van der Waals surface area contributed by atoms with Gasteiger partial charge in [0, 0.05) is 0 Å². The van der Waals surface area contributed by atoms with Crippen LogP contribution in [0.1, 0.15) is 27.6 Å². The van der Waals surface area contributed by atoms with E-state index in [9.17, 15) is 31.2 Å². The SMILES string of the molecule is CC[NH+]1C(=O)c2ccc(OS(=O)(=O)C(F)(F)F)cc2C1=O. The van der Waals surface area contributed by atoms with Crippen LogP contribution in [0.25, 0.3) is 0 Å². The third-order valence-electron chi connectivity index (χ3n) is 2.87. The first-order valence-corrected chi connectivity index (χ1v) is 7.09. The van der Waals surface area contributed by atoms with Crippen LogP contribution in [0.3, 0.4) is 0 Å². The van der Waals surface area contributed by atoms with Gasteiger partial charge in [-0.25, -0.2) is 14.5 Å². The number of quaternary nitrogens is 1. The van der Waals surface area contributed by atoms with E-state index in [1.54, 1.807) is 6.92 Å². The van der Waals surface area contributed by atoms with E-state index in [0.29, 0.717) is 0 Å². The number of carbonyl (C=O) groups excluding carboxylic acids is 2. The average Bonchev–Trinajstić information content (AvgIpc) is 2.59. The highest BCUT2D eigenvalue weighted by molar-refractivity contribution is 7.88. The van der Waals surface area contributed by atoms with Gasteiger partial charge in [-0.1, -0.05) is 0 Å². The molecule has 2 amide bonds. The van der Waals surface area contributed by atoms with Gasteiger partial charge in [-0.2, -0.15) is 21.6 Å². The summed E-state index contributed by atoms with van der Waals surface area (Å²) < 4.78 is 62.3. The third kappa shape index (κ3) is 2.51. The summed E-state index contributed by atoms with van der Waals surface area (Å²) in [5, 5.41) is 0. The quantitative estimate of drug-likeness (QED) is 0.485. The van der Waals surface area contributed by atoms with Crippen molar-refractivity contribution in [3.63, 3.8) is 0 Å². The topological polar surface area (TPSA) is 81.9 Å². The molecule has 114 valence electrons. The van der Waals surface area contributed by atoms with Gasteiger partial charge in [0.2, 0.25) is 0 Å². The maximum Gasteiger partial charge on any atom is 0.534 e. The van der Waals surface area contributed by atoms with Crippen molar-refractivity contribution in [1.29, 1.82) is 0 Å². The van der Waals surface area contributed by atoms with Crippen LogP contribution >= 0.6 is 0 Å². The fourth-order valence-corrected chi connectivity index (χ4v) is 2.34. The zero-order chi connectivity index (χ0) is 16.0. The van der Waals surface area contributed by atoms with Gasteiger partial charge in [-0.05, 0) is 25.1 Å². The van der Waals surface area contributed by atoms with Crippen molar-refractivity contribution >= 4 is 21.9 Å². The molecule has 1 aromatic rings. The molecule has 1 heterocycles. The minimum Gasteiger partial charge on any atom is -0.376 e. The number of nitrogens with one attached hydrogen (secondary N) is 1. The number of imide groups is 1. The van der Waals surface area contributed by atoms with Crippen LogP contribution in [-0.2, 0) is 10.1 Å². The average molecular weight is 324 g/mol. The monoisotopic (exact) mass is 324 g/mol. The second-order valence-corrected chi connectivity index (χ2v) is 5.72. The summed E-state index contributed by atoms with van der Waals surface area (Å²) in [6.07, 6.45) is 0. The number of hydrogen-bond acceptors (Lipinski definition) is 5. The summed E-state index contributed by atoms with van der Waals surface area (Å²) in [5.74, 6) is -1.82. The van der Waals surface area contributed by atoms with Crippen molar-refractivity contribution in [2.45, 2.75) is 12.4 Å². The molecule has 0 saturated carbocycles. The van der Waals surface area contributed by atoms with E-state index in [1.807, 2.05) is 0 Å². The molecule has 21 heavy (non-hydrogen) atoms. The van der Waals surface area contributed by atoms with Gasteiger partial charge < -0.3 is 4.18 Å². The first-order chi connectivity index (χ1) is 9.58. The van der Waals surface area contributed by atoms with Gasteiger partial charge in [0.25, 0.3) is 0 Å². The lowest BCUT2D eigenvalue weighted by Crippen LogP contribution is -3.14. The zero-order valence-electron chi connectivity index (χ0n) is 10.5. The highest BCUT2D eigenvalue weighted by atomic mass is 32.2. The van der Waals surface area contributed by atoms with Gasteiger partial charge >= 0.3 is 27.4 Å². The molecule has 1 N–H and O–H groups in total. The molecule has 1 aliphatic rings. The fourth-order valence-electron chi connectivity index (χ4n) is 1.88. The van der Waals surface area contributed by atoms with E-state index in [-0.39, 0.29) is 22.6 Å². The maximum absolute atomic E-state index is 12.2. The first-order valence-electron chi connectivity index (χ1n) is 5.68.